The van der Waals surface area contributed by atoms with Crippen molar-refractivity contribution in [3.05, 3.63) is 64.5 Å². The number of benzene rings is 2. The smallest absolute Gasteiger partial charge is 0.241 e. The average molecular weight is 467 g/mol. The fourth-order valence-electron chi connectivity index (χ4n) is 4.35. The zero-order valence-corrected chi connectivity index (χ0v) is 18.2. The number of fused-ring (bicyclic) bond motifs is 1. The maximum Gasteiger partial charge on any atom is 0.241 e. The second-order valence-corrected chi connectivity index (χ2v) is 8.85. The van der Waals surface area contributed by atoms with Crippen molar-refractivity contribution in [3.63, 3.8) is 0 Å². The summed E-state index contributed by atoms with van der Waals surface area (Å²) in [5.74, 6) is 1.59. The van der Waals surface area contributed by atoms with E-state index in [4.69, 9.17) is 4.52 Å². The fourth-order valence-corrected chi connectivity index (χ4v) is 4.62. The molecule has 0 N–H and O–H groups in total. The number of hydrogen-bond donors (Lipinski definition) is 0. The molecule has 0 radical (unpaired) electrons. The summed E-state index contributed by atoms with van der Waals surface area (Å²) in [4.78, 5) is 21.9. The maximum atomic E-state index is 13.1. The molecule has 3 aromatic rings. The Morgan fingerprint density at radius 1 is 1.07 bits per heavy atom. The normalized spacial score (nSPS) is 17.3. The number of para-hydroxylation sites is 1. The van der Waals surface area contributed by atoms with E-state index >= 15 is 0 Å². The lowest BCUT2D eigenvalue weighted by molar-refractivity contribution is -0.123. The van der Waals surface area contributed by atoms with Gasteiger partial charge in [0.25, 0.3) is 0 Å². The quantitative estimate of drug-likeness (QED) is 0.573. The zero-order chi connectivity index (χ0) is 20.5. The van der Waals surface area contributed by atoms with Crippen LogP contribution >= 0.6 is 15.9 Å². The first-order valence-electron chi connectivity index (χ1n) is 10.4. The van der Waals surface area contributed by atoms with Gasteiger partial charge in [0.2, 0.25) is 17.6 Å². The summed E-state index contributed by atoms with van der Waals surface area (Å²) in [6.45, 7) is 3.15. The molecule has 0 aliphatic carbocycles. The third-order valence-corrected chi connectivity index (χ3v) is 6.55. The molecule has 0 bridgehead atoms. The van der Waals surface area contributed by atoms with E-state index in [2.05, 4.69) is 43.1 Å². The minimum absolute atomic E-state index is 0.0911. The second-order valence-electron chi connectivity index (χ2n) is 7.94. The molecule has 1 amide bonds. The van der Waals surface area contributed by atoms with Gasteiger partial charge in [0, 0.05) is 28.2 Å². The van der Waals surface area contributed by atoms with Crippen LogP contribution in [0.4, 0.5) is 5.69 Å². The summed E-state index contributed by atoms with van der Waals surface area (Å²) in [6, 6.07) is 16.1. The first-order chi connectivity index (χ1) is 14.7. The molecule has 0 atom stereocenters. The molecule has 1 aromatic heterocycles. The van der Waals surface area contributed by atoms with Crippen molar-refractivity contribution in [3.8, 4) is 11.4 Å². The van der Waals surface area contributed by atoms with Crippen molar-refractivity contribution in [2.45, 2.75) is 25.8 Å². The predicted octanol–water partition coefficient (Wildman–Crippen LogP) is 4.30. The molecule has 0 spiro atoms. The van der Waals surface area contributed by atoms with Crippen LogP contribution in [0.15, 0.2) is 57.5 Å². The number of aromatic nitrogens is 2. The Kier molecular flexibility index (Phi) is 5.39. The highest BCUT2D eigenvalue weighted by molar-refractivity contribution is 9.10. The van der Waals surface area contributed by atoms with Gasteiger partial charge in [-0.05, 0) is 68.2 Å². The van der Waals surface area contributed by atoms with Crippen LogP contribution in [0.5, 0.6) is 0 Å². The van der Waals surface area contributed by atoms with Crippen LogP contribution < -0.4 is 4.90 Å². The van der Waals surface area contributed by atoms with E-state index in [1.165, 1.54) is 5.56 Å². The van der Waals surface area contributed by atoms with Crippen LogP contribution in [0.1, 0.15) is 24.3 Å². The van der Waals surface area contributed by atoms with Gasteiger partial charge in [0.05, 0.1) is 6.54 Å². The lowest BCUT2D eigenvalue weighted by atomic mass is 9.95. The Balaban J connectivity index is 1.17. The van der Waals surface area contributed by atoms with Crippen molar-refractivity contribution in [1.82, 2.24) is 15.0 Å². The lowest BCUT2D eigenvalue weighted by Gasteiger charge is -2.32. The summed E-state index contributed by atoms with van der Waals surface area (Å²) in [7, 11) is 0. The molecule has 6 nitrogen and oxygen atoms in total. The van der Waals surface area contributed by atoms with E-state index in [1.807, 2.05) is 41.3 Å². The van der Waals surface area contributed by atoms with E-state index in [1.54, 1.807) is 0 Å². The highest BCUT2D eigenvalue weighted by Gasteiger charge is 2.32. The zero-order valence-electron chi connectivity index (χ0n) is 16.6. The van der Waals surface area contributed by atoms with Gasteiger partial charge in [0.1, 0.15) is 0 Å². The monoisotopic (exact) mass is 466 g/mol. The Morgan fingerprint density at radius 2 is 1.83 bits per heavy atom. The molecule has 5 rings (SSSR count). The molecule has 1 fully saturated rings. The van der Waals surface area contributed by atoms with Gasteiger partial charge in [-0.3, -0.25) is 9.69 Å². The summed E-state index contributed by atoms with van der Waals surface area (Å²) < 4.78 is 6.48. The van der Waals surface area contributed by atoms with E-state index in [9.17, 15) is 4.79 Å². The molecule has 154 valence electrons. The molecule has 2 aromatic carbocycles. The first kappa shape index (κ1) is 19.5. The van der Waals surface area contributed by atoms with Gasteiger partial charge in [-0.25, -0.2) is 0 Å². The molecule has 0 saturated carbocycles. The average Bonchev–Trinajstić information content (AvgIpc) is 3.42. The van der Waals surface area contributed by atoms with Gasteiger partial charge in [-0.15, -0.1) is 0 Å². The van der Waals surface area contributed by atoms with Crippen LogP contribution in [0.3, 0.4) is 0 Å². The van der Waals surface area contributed by atoms with Gasteiger partial charge in [0.15, 0.2) is 0 Å². The van der Waals surface area contributed by atoms with Gasteiger partial charge in [-0.2, -0.15) is 4.98 Å². The molecule has 2 aliphatic rings. The van der Waals surface area contributed by atoms with Crippen LogP contribution in [-0.4, -0.2) is 40.6 Å². The van der Waals surface area contributed by atoms with Gasteiger partial charge in [-0.1, -0.05) is 39.3 Å². The van der Waals surface area contributed by atoms with E-state index in [-0.39, 0.29) is 11.8 Å². The molecule has 0 unspecified atom stereocenters. The number of halogens is 1. The third-order valence-electron chi connectivity index (χ3n) is 6.02. The number of rotatable bonds is 4. The van der Waals surface area contributed by atoms with Crippen LogP contribution in [-0.2, 0) is 17.8 Å². The number of anilines is 1. The van der Waals surface area contributed by atoms with E-state index in [0.29, 0.717) is 18.3 Å². The molecular formula is C23H23BrN4O2. The Labute approximate surface area is 184 Å². The summed E-state index contributed by atoms with van der Waals surface area (Å²) in [5, 5.41) is 4.11. The molecule has 30 heavy (non-hydrogen) atoms. The van der Waals surface area contributed by atoms with Crippen molar-refractivity contribution >= 4 is 27.5 Å². The van der Waals surface area contributed by atoms with Crippen LogP contribution in [0.25, 0.3) is 11.4 Å². The van der Waals surface area contributed by atoms with E-state index < -0.39 is 0 Å². The Hall–Kier alpha value is -2.51. The number of amides is 1. The highest BCUT2D eigenvalue weighted by atomic mass is 79.9. The number of hydrogen-bond acceptors (Lipinski definition) is 5. The van der Waals surface area contributed by atoms with Crippen molar-refractivity contribution in [1.29, 1.82) is 0 Å². The largest absolute Gasteiger partial charge is 0.338 e. The van der Waals surface area contributed by atoms with Crippen molar-refractivity contribution < 1.29 is 9.32 Å². The van der Waals surface area contributed by atoms with Gasteiger partial charge >= 0.3 is 0 Å². The SMILES string of the molecule is O=C(C1CCN(Cc2nc(-c3ccc(Br)cc3)no2)CC1)N1CCc2ccccc21. The second kappa shape index (κ2) is 8.32. The Morgan fingerprint density at radius 3 is 2.63 bits per heavy atom. The van der Waals surface area contributed by atoms with Crippen molar-refractivity contribution in [2.75, 3.05) is 24.5 Å². The lowest BCUT2D eigenvalue weighted by Crippen LogP contribution is -2.42. The van der Waals surface area contributed by atoms with Crippen LogP contribution in [0.2, 0.25) is 0 Å². The number of carbonyl (C=O) groups is 1. The number of carbonyl (C=O) groups excluding carboxylic acids is 1. The highest BCUT2D eigenvalue weighted by Crippen LogP contribution is 2.31. The topological polar surface area (TPSA) is 62.5 Å². The van der Waals surface area contributed by atoms with Gasteiger partial charge < -0.3 is 9.42 Å². The van der Waals surface area contributed by atoms with Crippen LogP contribution in [0, 0.1) is 5.92 Å². The molecule has 1 saturated heterocycles. The third kappa shape index (κ3) is 3.91. The maximum absolute atomic E-state index is 13.1. The summed E-state index contributed by atoms with van der Waals surface area (Å²) in [6.07, 6.45) is 2.69. The van der Waals surface area contributed by atoms with E-state index in [0.717, 1.165) is 54.6 Å². The molecule has 7 heteroatoms. The Bertz CT molecular complexity index is 1040. The summed E-state index contributed by atoms with van der Waals surface area (Å²) in [5.41, 5.74) is 3.31. The minimum Gasteiger partial charge on any atom is -0.338 e. The molecular weight excluding hydrogens is 444 g/mol. The molecule has 3 heterocycles. The number of piperidine rings is 1. The first-order valence-corrected chi connectivity index (χ1v) is 11.2. The van der Waals surface area contributed by atoms with Crippen molar-refractivity contribution in [2.24, 2.45) is 5.92 Å². The molecule has 2 aliphatic heterocycles. The fraction of sp³-hybridized carbons (Fsp3) is 0.348. The summed E-state index contributed by atoms with van der Waals surface area (Å²) >= 11 is 3.44. The number of likely N-dealkylation sites (tertiary alicyclic amines) is 1. The minimum atomic E-state index is 0.0911. The number of nitrogens with zero attached hydrogens (tertiary/aromatic N) is 4. The predicted molar refractivity (Wildman–Crippen MR) is 118 cm³/mol. The standard InChI is InChI=1S/C23H23BrN4O2/c24-19-7-5-17(6-8-19)22-25-21(30-26-22)15-27-12-9-18(10-13-27)23(29)28-14-11-16-3-1-2-4-20(16)28/h1-8,18H,9-15H2.